The Labute approximate surface area is 317 Å². The van der Waals surface area contributed by atoms with Crippen LogP contribution >= 0.6 is 0 Å². The minimum absolute atomic E-state index is 0.138. The van der Waals surface area contributed by atoms with Gasteiger partial charge in [-0.3, -0.25) is 4.57 Å². The van der Waals surface area contributed by atoms with E-state index < -0.39 is 0 Å². The zero-order valence-corrected chi connectivity index (χ0v) is 30.5. The van der Waals surface area contributed by atoms with Gasteiger partial charge in [-0.1, -0.05) is 129 Å². The molecule has 4 nitrogen and oxygen atoms in total. The zero-order chi connectivity index (χ0) is 36.4. The van der Waals surface area contributed by atoms with E-state index in [1.807, 2.05) is 12.1 Å². The lowest BCUT2D eigenvalue weighted by atomic mass is 9.82. The van der Waals surface area contributed by atoms with Gasteiger partial charge in [0.05, 0.1) is 33.1 Å². The van der Waals surface area contributed by atoms with E-state index in [4.69, 9.17) is 9.97 Å². The minimum atomic E-state index is -0.138. The molecule has 0 aliphatic heterocycles. The molecule has 0 unspecified atom stereocenters. The molecular weight excluding hydrogens is 669 g/mol. The Kier molecular flexibility index (Phi) is 6.09. The smallest absolute Gasteiger partial charge is 0.165 e. The summed E-state index contributed by atoms with van der Waals surface area (Å²) in [4.78, 5) is 10.9. The number of para-hydroxylation sites is 4. The highest BCUT2D eigenvalue weighted by Crippen LogP contribution is 2.50. The average molecular weight is 703 g/mol. The Morgan fingerprint density at radius 2 is 1.05 bits per heavy atom. The first-order valence-corrected chi connectivity index (χ1v) is 19.0. The molecule has 1 aliphatic rings. The third-order valence-electron chi connectivity index (χ3n) is 12.1. The molecule has 3 heterocycles. The van der Waals surface area contributed by atoms with Gasteiger partial charge in [-0.15, -0.1) is 0 Å². The topological polar surface area (TPSA) is 35.6 Å². The molecule has 8 aromatic carbocycles. The standard InChI is InChI=1S/C51H34N4/c1-51(2)40-18-8-5-15-35(40)36-26-23-32(29-41(36)51)49-50(53-43-20-10-9-19-42(43)52-49)55-46-28-25-33(30-39(46)48-34-14-4-3-13-31(34)24-27-47(48)55)54-44-21-11-6-16-37(44)38-17-7-12-22-45(38)54/h3-30H,1-2H3. The maximum absolute atomic E-state index is 5.49. The second-order valence-corrected chi connectivity index (χ2v) is 15.4. The van der Waals surface area contributed by atoms with E-state index in [2.05, 4.69) is 181 Å². The fourth-order valence-corrected chi connectivity index (χ4v) is 9.54. The highest BCUT2D eigenvalue weighted by molar-refractivity contribution is 6.22. The predicted octanol–water partition coefficient (Wildman–Crippen LogP) is 13.0. The van der Waals surface area contributed by atoms with Crippen molar-refractivity contribution in [1.82, 2.24) is 19.1 Å². The Morgan fingerprint density at radius 1 is 0.436 bits per heavy atom. The van der Waals surface area contributed by atoms with E-state index in [0.717, 1.165) is 44.8 Å². The van der Waals surface area contributed by atoms with Gasteiger partial charge in [0.2, 0.25) is 0 Å². The van der Waals surface area contributed by atoms with Crippen LogP contribution in [0.15, 0.2) is 170 Å². The molecule has 0 amide bonds. The van der Waals surface area contributed by atoms with E-state index in [9.17, 15) is 0 Å². The second-order valence-electron chi connectivity index (χ2n) is 15.4. The molecule has 3 aromatic heterocycles. The lowest BCUT2D eigenvalue weighted by Gasteiger charge is -2.22. The molecular formula is C51H34N4. The number of hydrogen-bond acceptors (Lipinski definition) is 2. The first kappa shape index (κ1) is 30.4. The summed E-state index contributed by atoms with van der Waals surface area (Å²) >= 11 is 0. The third-order valence-corrected chi connectivity index (χ3v) is 12.1. The molecule has 0 radical (unpaired) electrons. The Balaban J connectivity index is 1.18. The van der Waals surface area contributed by atoms with Gasteiger partial charge in [0.15, 0.2) is 5.82 Å². The molecule has 55 heavy (non-hydrogen) atoms. The van der Waals surface area contributed by atoms with Crippen molar-refractivity contribution in [2.75, 3.05) is 0 Å². The van der Waals surface area contributed by atoms with Crippen molar-refractivity contribution >= 4 is 65.4 Å². The quantitative estimate of drug-likeness (QED) is 0.184. The lowest BCUT2D eigenvalue weighted by Crippen LogP contribution is -2.15. The van der Waals surface area contributed by atoms with Gasteiger partial charge >= 0.3 is 0 Å². The van der Waals surface area contributed by atoms with E-state index in [1.54, 1.807) is 0 Å². The normalized spacial score (nSPS) is 13.4. The van der Waals surface area contributed by atoms with Gasteiger partial charge in [-0.2, -0.15) is 0 Å². The summed E-state index contributed by atoms with van der Waals surface area (Å²) < 4.78 is 4.76. The molecule has 0 N–H and O–H groups in total. The van der Waals surface area contributed by atoms with Crippen molar-refractivity contribution in [2.24, 2.45) is 0 Å². The summed E-state index contributed by atoms with van der Waals surface area (Å²) in [6.45, 7) is 4.67. The summed E-state index contributed by atoms with van der Waals surface area (Å²) in [5.74, 6) is 0.826. The maximum Gasteiger partial charge on any atom is 0.165 e. The van der Waals surface area contributed by atoms with Gasteiger partial charge in [0.25, 0.3) is 0 Å². The molecule has 4 heteroatoms. The van der Waals surface area contributed by atoms with Crippen LogP contribution in [0.1, 0.15) is 25.0 Å². The van der Waals surface area contributed by atoms with E-state index in [0.29, 0.717) is 0 Å². The summed E-state index contributed by atoms with van der Waals surface area (Å²) in [7, 11) is 0. The molecule has 0 saturated carbocycles. The van der Waals surface area contributed by atoms with Crippen LogP contribution in [0.4, 0.5) is 0 Å². The van der Waals surface area contributed by atoms with Crippen LogP contribution in [0.3, 0.4) is 0 Å². The average Bonchev–Trinajstić information content (AvgIpc) is 3.83. The van der Waals surface area contributed by atoms with Gasteiger partial charge < -0.3 is 4.57 Å². The molecule has 0 spiro atoms. The Bertz CT molecular complexity index is 3360. The fraction of sp³-hybridized carbons (Fsp3) is 0.0588. The van der Waals surface area contributed by atoms with Crippen molar-refractivity contribution in [1.29, 1.82) is 0 Å². The van der Waals surface area contributed by atoms with Crippen molar-refractivity contribution in [3.05, 3.63) is 181 Å². The van der Waals surface area contributed by atoms with Crippen molar-refractivity contribution in [3.8, 4) is 33.9 Å². The number of hydrogen-bond donors (Lipinski definition) is 0. The molecule has 0 fully saturated rings. The number of fused-ring (bicyclic) bond motifs is 12. The summed E-state index contributed by atoms with van der Waals surface area (Å²) in [5, 5.41) is 7.32. The van der Waals surface area contributed by atoms with Crippen molar-refractivity contribution in [2.45, 2.75) is 19.3 Å². The molecule has 1 aliphatic carbocycles. The lowest BCUT2D eigenvalue weighted by molar-refractivity contribution is 0.660. The number of aromatic nitrogens is 4. The van der Waals surface area contributed by atoms with E-state index in [1.165, 1.54) is 65.6 Å². The molecule has 258 valence electrons. The van der Waals surface area contributed by atoms with Gasteiger partial charge in [-0.05, 0) is 87.6 Å². The van der Waals surface area contributed by atoms with Crippen LogP contribution in [-0.4, -0.2) is 19.1 Å². The SMILES string of the molecule is CC1(C)c2ccccc2-c2ccc(-c3nc4ccccc4nc3-n3c4ccc(-n5c6ccccc6c6ccccc65)cc4c4c5ccccc5ccc43)cc21. The highest BCUT2D eigenvalue weighted by Gasteiger charge is 2.35. The van der Waals surface area contributed by atoms with E-state index in [-0.39, 0.29) is 5.41 Å². The number of nitrogens with zero attached hydrogens (tertiary/aromatic N) is 4. The number of benzene rings is 8. The van der Waals surface area contributed by atoms with Crippen molar-refractivity contribution in [3.63, 3.8) is 0 Å². The first-order chi connectivity index (χ1) is 27.0. The summed E-state index contributed by atoms with van der Waals surface area (Å²) in [6, 6.07) is 61.5. The van der Waals surface area contributed by atoms with Crippen LogP contribution in [0, 0.1) is 0 Å². The van der Waals surface area contributed by atoms with Gasteiger partial charge in [0, 0.05) is 38.2 Å². The summed E-state index contributed by atoms with van der Waals surface area (Å²) in [6.07, 6.45) is 0. The van der Waals surface area contributed by atoms with Gasteiger partial charge in [-0.25, -0.2) is 9.97 Å². The van der Waals surface area contributed by atoms with Crippen LogP contribution in [0.2, 0.25) is 0 Å². The fourth-order valence-electron chi connectivity index (χ4n) is 9.54. The van der Waals surface area contributed by atoms with E-state index >= 15 is 0 Å². The third kappa shape index (κ3) is 4.17. The number of rotatable bonds is 3. The molecule has 0 atom stereocenters. The largest absolute Gasteiger partial charge is 0.309 e. The predicted molar refractivity (Wildman–Crippen MR) is 229 cm³/mol. The molecule has 0 saturated heterocycles. The Hall–Kier alpha value is -7.04. The summed E-state index contributed by atoms with van der Waals surface area (Å²) in [5.41, 5.74) is 14.5. The molecule has 12 rings (SSSR count). The monoisotopic (exact) mass is 702 g/mol. The highest BCUT2D eigenvalue weighted by atomic mass is 15.1. The minimum Gasteiger partial charge on any atom is -0.309 e. The van der Waals surface area contributed by atoms with Crippen LogP contribution in [0.25, 0.3) is 99.3 Å². The van der Waals surface area contributed by atoms with Crippen molar-refractivity contribution < 1.29 is 0 Å². The first-order valence-electron chi connectivity index (χ1n) is 19.0. The second kappa shape index (κ2) is 11.0. The van der Waals surface area contributed by atoms with Crippen LogP contribution < -0.4 is 0 Å². The van der Waals surface area contributed by atoms with Crippen LogP contribution in [-0.2, 0) is 5.41 Å². The Morgan fingerprint density at radius 3 is 1.85 bits per heavy atom. The maximum atomic E-state index is 5.49. The van der Waals surface area contributed by atoms with Gasteiger partial charge in [0.1, 0.15) is 5.69 Å². The van der Waals surface area contributed by atoms with Crippen LogP contribution in [0.5, 0.6) is 0 Å². The zero-order valence-electron chi connectivity index (χ0n) is 30.5. The molecule has 0 bridgehead atoms. The molecule has 11 aromatic rings.